The quantitative estimate of drug-likeness (QED) is 0.339. The molecule has 0 amide bonds. The molecule has 4 aromatic rings. The maximum atomic E-state index is 11.7. The number of halogens is 1. The number of aromatic nitrogens is 3. The fraction of sp³-hybridized carbons (Fsp3) is 0.208. The monoisotopic (exact) mass is 479 g/mol. The molecule has 7 heteroatoms. The van der Waals surface area contributed by atoms with Crippen LogP contribution in [0.2, 0.25) is 0 Å². The molecule has 2 heterocycles. The number of imidazole rings is 1. The van der Waals surface area contributed by atoms with Crippen LogP contribution in [0.1, 0.15) is 52.0 Å². The number of aldehydes is 1. The van der Waals surface area contributed by atoms with E-state index in [0.717, 1.165) is 52.5 Å². The van der Waals surface area contributed by atoms with Gasteiger partial charge in [-0.25, -0.2) is 9.78 Å². The maximum absolute atomic E-state index is 11.7. The van der Waals surface area contributed by atoms with Gasteiger partial charge in [-0.05, 0) is 46.1 Å². The number of aromatic carboxylic acids is 1. The summed E-state index contributed by atoms with van der Waals surface area (Å²) in [4.78, 5) is 27.3. The van der Waals surface area contributed by atoms with Crippen molar-refractivity contribution in [3.8, 4) is 5.69 Å². The second-order valence-corrected chi connectivity index (χ2v) is 8.31. The Labute approximate surface area is 188 Å². The molecule has 31 heavy (non-hydrogen) atoms. The summed E-state index contributed by atoms with van der Waals surface area (Å²) in [6, 6.07) is 13.2. The van der Waals surface area contributed by atoms with Gasteiger partial charge in [-0.1, -0.05) is 37.6 Å². The fourth-order valence-corrected chi connectivity index (χ4v) is 4.31. The van der Waals surface area contributed by atoms with E-state index in [1.165, 1.54) is 0 Å². The van der Waals surface area contributed by atoms with E-state index in [9.17, 15) is 14.7 Å². The van der Waals surface area contributed by atoms with Gasteiger partial charge in [0, 0.05) is 40.9 Å². The molecule has 0 radical (unpaired) electrons. The molecule has 0 aliphatic heterocycles. The highest BCUT2D eigenvalue weighted by Crippen LogP contribution is 2.31. The number of benzene rings is 2. The third-order valence-electron chi connectivity index (χ3n) is 5.33. The molecule has 2 aromatic heterocycles. The molecule has 0 fully saturated rings. The van der Waals surface area contributed by atoms with Crippen molar-refractivity contribution in [2.45, 2.75) is 32.7 Å². The summed E-state index contributed by atoms with van der Waals surface area (Å²) < 4.78 is 4.76. The lowest BCUT2D eigenvalue weighted by Crippen LogP contribution is -2.05. The van der Waals surface area contributed by atoms with Crippen molar-refractivity contribution in [3.05, 3.63) is 82.0 Å². The first-order valence-electron chi connectivity index (χ1n) is 10.1. The lowest BCUT2D eigenvalue weighted by molar-refractivity contribution is 0.0698. The van der Waals surface area contributed by atoms with Gasteiger partial charge >= 0.3 is 5.97 Å². The van der Waals surface area contributed by atoms with Crippen molar-refractivity contribution < 1.29 is 14.7 Å². The van der Waals surface area contributed by atoms with Gasteiger partial charge < -0.3 is 14.2 Å². The smallest absolute Gasteiger partial charge is 0.337 e. The molecule has 0 atom stereocenters. The Morgan fingerprint density at radius 1 is 1.16 bits per heavy atom. The number of carbonyl (C=O) groups is 2. The molecular weight excluding hydrogens is 458 g/mol. The molecular formula is C24H22BrN3O3. The number of hydrogen-bond acceptors (Lipinski definition) is 3. The van der Waals surface area contributed by atoms with E-state index in [0.29, 0.717) is 17.8 Å². The maximum Gasteiger partial charge on any atom is 0.337 e. The Morgan fingerprint density at radius 3 is 2.61 bits per heavy atom. The van der Waals surface area contributed by atoms with Crippen LogP contribution >= 0.6 is 15.9 Å². The van der Waals surface area contributed by atoms with Gasteiger partial charge in [0.2, 0.25) is 0 Å². The van der Waals surface area contributed by atoms with E-state index in [-0.39, 0.29) is 5.56 Å². The molecule has 0 saturated heterocycles. The number of rotatable bonds is 8. The van der Waals surface area contributed by atoms with Crippen molar-refractivity contribution in [1.82, 2.24) is 14.1 Å². The Bertz CT molecular complexity index is 1260. The molecule has 2 aromatic carbocycles. The largest absolute Gasteiger partial charge is 0.478 e. The van der Waals surface area contributed by atoms with E-state index >= 15 is 0 Å². The number of hydrogen-bond donors (Lipinski definition) is 1. The fourth-order valence-electron chi connectivity index (χ4n) is 3.78. The summed E-state index contributed by atoms with van der Waals surface area (Å²) in [5.41, 5.74) is 3.31. The highest BCUT2D eigenvalue weighted by molar-refractivity contribution is 9.10. The summed E-state index contributed by atoms with van der Waals surface area (Å²) in [6.07, 6.45) is 7.39. The van der Waals surface area contributed by atoms with Gasteiger partial charge in [0.25, 0.3) is 0 Å². The molecule has 158 valence electrons. The highest BCUT2D eigenvalue weighted by atomic mass is 79.9. The molecule has 0 unspecified atom stereocenters. The molecule has 1 N–H and O–H groups in total. The Balaban J connectivity index is 1.67. The second-order valence-electron chi connectivity index (χ2n) is 7.45. The second kappa shape index (κ2) is 8.89. The van der Waals surface area contributed by atoms with E-state index in [2.05, 4.69) is 27.8 Å². The third kappa shape index (κ3) is 4.18. The summed E-state index contributed by atoms with van der Waals surface area (Å²) >= 11 is 3.54. The lowest BCUT2D eigenvalue weighted by Gasteiger charge is -2.11. The third-order valence-corrected chi connectivity index (χ3v) is 5.96. The lowest BCUT2D eigenvalue weighted by atomic mass is 10.1. The van der Waals surface area contributed by atoms with Gasteiger partial charge in [0.05, 0.1) is 11.1 Å². The van der Waals surface area contributed by atoms with Gasteiger partial charge in [-0.15, -0.1) is 0 Å². The number of para-hydroxylation sites is 1. The van der Waals surface area contributed by atoms with Gasteiger partial charge in [-0.2, -0.15) is 0 Å². The van der Waals surface area contributed by atoms with Gasteiger partial charge in [0.15, 0.2) is 6.29 Å². The first-order valence-corrected chi connectivity index (χ1v) is 10.9. The summed E-state index contributed by atoms with van der Waals surface area (Å²) in [5, 5.41) is 10.5. The predicted octanol–water partition coefficient (Wildman–Crippen LogP) is 5.49. The SMILES string of the molecule is CCCCc1nc(C=O)cn1Cc1ccc(-n2cc(Br)c3cccc(C(=O)O)c32)cc1. The van der Waals surface area contributed by atoms with Crippen LogP contribution in [0.3, 0.4) is 0 Å². The van der Waals surface area contributed by atoms with Crippen LogP contribution in [0.15, 0.2) is 59.3 Å². The minimum Gasteiger partial charge on any atom is -0.478 e. The van der Waals surface area contributed by atoms with E-state index in [4.69, 9.17) is 0 Å². The van der Waals surface area contributed by atoms with Crippen molar-refractivity contribution in [3.63, 3.8) is 0 Å². The van der Waals surface area contributed by atoms with E-state index in [1.807, 2.05) is 45.7 Å². The Kier molecular flexibility index (Phi) is 6.04. The molecule has 6 nitrogen and oxygen atoms in total. The van der Waals surface area contributed by atoms with Crippen LogP contribution in [-0.4, -0.2) is 31.5 Å². The van der Waals surface area contributed by atoms with Gasteiger partial charge in [0.1, 0.15) is 11.5 Å². The zero-order chi connectivity index (χ0) is 22.0. The number of fused-ring (bicyclic) bond motifs is 1. The summed E-state index contributed by atoms with van der Waals surface area (Å²) in [6.45, 7) is 2.75. The number of unbranched alkanes of at least 4 members (excludes halogenated alkanes) is 1. The molecule has 0 aliphatic rings. The summed E-state index contributed by atoms with van der Waals surface area (Å²) in [5.74, 6) is -0.0424. The van der Waals surface area contributed by atoms with Crippen LogP contribution in [0.5, 0.6) is 0 Å². The van der Waals surface area contributed by atoms with E-state index < -0.39 is 5.97 Å². The zero-order valence-electron chi connectivity index (χ0n) is 17.1. The number of carboxylic acids is 1. The van der Waals surface area contributed by atoms with Crippen LogP contribution in [0.4, 0.5) is 0 Å². The topological polar surface area (TPSA) is 77.1 Å². The Hall–Kier alpha value is -3.19. The number of aryl methyl sites for hydroxylation is 1. The van der Waals surface area contributed by atoms with Crippen molar-refractivity contribution in [2.75, 3.05) is 0 Å². The highest BCUT2D eigenvalue weighted by Gasteiger charge is 2.16. The normalized spacial score (nSPS) is 11.2. The first-order chi connectivity index (χ1) is 15.0. The van der Waals surface area contributed by atoms with Crippen molar-refractivity contribution >= 4 is 39.1 Å². The first kappa shape index (κ1) is 21.1. The van der Waals surface area contributed by atoms with E-state index in [1.54, 1.807) is 18.3 Å². The number of carboxylic acid groups (broad SMARTS) is 1. The molecule has 0 saturated carbocycles. The van der Waals surface area contributed by atoms with Crippen molar-refractivity contribution in [2.24, 2.45) is 0 Å². The average molecular weight is 480 g/mol. The minimum atomic E-state index is -0.959. The molecule has 0 bridgehead atoms. The predicted molar refractivity (Wildman–Crippen MR) is 123 cm³/mol. The van der Waals surface area contributed by atoms with Crippen LogP contribution in [0.25, 0.3) is 16.6 Å². The van der Waals surface area contributed by atoms with Gasteiger partial charge in [-0.3, -0.25) is 4.79 Å². The molecule has 0 spiro atoms. The minimum absolute atomic E-state index is 0.257. The molecule has 0 aliphatic carbocycles. The Morgan fingerprint density at radius 2 is 1.94 bits per heavy atom. The van der Waals surface area contributed by atoms with Crippen LogP contribution in [0, 0.1) is 0 Å². The molecule has 4 rings (SSSR count). The number of nitrogens with zero attached hydrogens (tertiary/aromatic N) is 3. The standard InChI is InChI=1S/C24H22BrN3O3/c1-2-3-7-22-26-17(15-29)13-27(22)12-16-8-10-18(11-9-16)28-14-21(25)19-5-4-6-20(23(19)28)24(30)31/h4-6,8-11,13-15H,2-3,7,12H2,1H3,(H,30,31). The number of carbonyl (C=O) groups excluding carboxylic acids is 1. The summed E-state index contributed by atoms with van der Waals surface area (Å²) in [7, 11) is 0. The van der Waals surface area contributed by atoms with Crippen molar-refractivity contribution in [1.29, 1.82) is 0 Å². The average Bonchev–Trinajstić information content (AvgIpc) is 3.33. The van der Waals surface area contributed by atoms with Crippen LogP contribution < -0.4 is 0 Å². The van der Waals surface area contributed by atoms with Crippen LogP contribution in [-0.2, 0) is 13.0 Å². The zero-order valence-corrected chi connectivity index (χ0v) is 18.7.